The zero-order valence-corrected chi connectivity index (χ0v) is 15.1. The average Bonchev–Trinajstić information content (AvgIpc) is 2.64. The molecule has 3 rings (SSSR count). The molecule has 0 fully saturated rings. The fourth-order valence-electron chi connectivity index (χ4n) is 3.09. The van der Waals surface area contributed by atoms with Gasteiger partial charge in [-0.15, -0.1) is 12.6 Å². The Hall–Kier alpha value is -2.32. The molecule has 0 saturated heterocycles. The zero-order chi connectivity index (χ0) is 17.5. The summed E-state index contributed by atoms with van der Waals surface area (Å²) in [6.07, 6.45) is 5.35. The van der Waals surface area contributed by atoms with E-state index in [-0.39, 0.29) is 5.12 Å². The fraction of sp³-hybridized carbons (Fsp3) is 0.174. The van der Waals surface area contributed by atoms with Crippen molar-refractivity contribution >= 4 is 28.5 Å². The average molecular weight is 346 g/mol. The largest absolute Gasteiger partial charge is 0.283 e. The SMILES string of the molecule is O=C(S)/C=C(\CCc1ccccc1)CCc1ccc2ccccc2c1. The highest BCUT2D eigenvalue weighted by Gasteiger charge is 2.04. The van der Waals surface area contributed by atoms with Crippen molar-refractivity contribution in [2.45, 2.75) is 25.7 Å². The van der Waals surface area contributed by atoms with Crippen molar-refractivity contribution in [3.63, 3.8) is 0 Å². The second-order valence-corrected chi connectivity index (χ2v) is 6.75. The first kappa shape index (κ1) is 17.5. The number of hydrogen-bond donors (Lipinski definition) is 1. The van der Waals surface area contributed by atoms with E-state index in [1.165, 1.54) is 21.9 Å². The predicted octanol–water partition coefficient (Wildman–Crippen LogP) is 5.79. The van der Waals surface area contributed by atoms with Crippen molar-refractivity contribution in [1.82, 2.24) is 0 Å². The molecule has 0 atom stereocenters. The third kappa shape index (κ3) is 5.33. The van der Waals surface area contributed by atoms with Crippen LogP contribution in [0, 0.1) is 0 Å². The molecule has 0 saturated carbocycles. The Labute approximate surface area is 154 Å². The molecule has 0 spiro atoms. The number of carbonyl (C=O) groups excluding carboxylic acids is 1. The van der Waals surface area contributed by atoms with Gasteiger partial charge < -0.3 is 0 Å². The highest BCUT2D eigenvalue weighted by Crippen LogP contribution is 2.20. The van der Waals surface area contributed by atoms with E-state index in [2.05, 4.69) is 79.4 Å². The maximum Gasteiger partial charge on any atom is 0.209 e. The standard InChI is InChI=1S/C23H22OS/c24-23(25)17-20(11-10-18-6-2-1-3-7-18)13-12-19-14-15-21-8-4-5-9-22(21)16-19/h1-9,14-17H,10-13H2,(H,24,25)/b20-17+. The van der Waals surface area contributed by atoms with Crippen molar-refractivity contribution in [2.75, 3.05) is 0 Å². The molecule has 25 heavy (non-hydrogen) atoms. The summed E-state index contributed by atoms with van der Waals surface area (Å²) in [5.74, 6) is 0. The van der Waals surface area contributed by atoms with Crippen molar-refractivity contribution in [1.29, 1.82) is 0 Å². The van der Waals surface area contributed by atoms with Crippen LogP contribution in [0.4, 0.5) is 0 Å². The molecule has 0 aliphatic heterocycles. The molecule has 1 nitrogen and oxygen atoms in total. The summed E-state index contributed by atoms with van der Waals surface area (Å²) in [7, 11) is 0. The third-order valence-corrected chi connectivity index (χ3v) is 4.58. The Morgan fingerprint density at radius 3 is 2.12 bits per heavy atom. The minimum absolute atomic E-state index is 0.165. The zero-order valence-electron chi connectivity index (χ0n) is 14.2. The van der Waals surface area contributed by atoms with Gasteiger partial charge in [0.15, 0.2) is 0 Å². The highest BCUT2D eigenvalue weighted by atomic mass is 32.1. The number of fused-ring (bicyclic) bond motifs is 1. The monoisotopic (exact) mass is 346 g/mol. The number of carbonyl (C=O) groups is 1. The Morgan fingerprint density at radius 1 is 0.760 bits per heavy atom. The molecule has 0 aliphatic carbocycles. The molecule has 0 aliphatic rings. The summed E-state index contributed by atoms with van der Waals surface area (Å²) in [6.45, 7) is 0. The number of rotatable bonds is 7. The minimum Gasteiger partial charge on any atom is -0.283 e. The quantitative estimate of drug-likeness (QED) is 0.423. The van der Waals surface area contributed by atoms with Crippen LogP contribution >= 0.6 is 12.6 Å². The summed E-state index contributed by atoms with van der Waals surface area (Å²) in [4.78, 5) is 11.4. The summed E-state index contributed by atoms with van der Waals surface area (Å²) in [6, 6.07) is 25.4. The maximum absolute atomic E-state index is 11.4. The van der Waals surface area contributed by atoms with Crippen LogP contribution in [0.25, 0.3) is 10.8 Å². The molecule has 2 heteroatoms. The van der Waals surface area contributed by atoms with Crippen molar-refractivity contribution < 1.29 is 4.79 Å². The van der Waals surface area contributed by atoms with Gasteiger partial charge in [0.2, 0.25) is 5.12 Å². The van der Waals surface area contributed by atoms with Gasteiger partial charge in [-0.1, -0.05) is 78.4 Å². The van der Waals surface area contributed by atoms with Gasteiger partial charge in [0.1, 0.15) is 0 Å². The van der Waals surface area contributed by atoms with Gasteiger partial charge in [-0.05, 0) is 53.7 Å². The van der Waals surface area contributed by atoms with Gasteiger partial charge in [-0.3, -0.25) is 4.79 Å². The molecule has 0 radical (unpaired) electrons. The molecule has 0 aromatic heterocycles. The lowest BCUT2D eigenvalue weighted by molar-refractivity contribution is -0.106. The maximum atomic E-state index is 11.4. The summed E-state index contributed by atoms with van der Waals surface area (Å²) in [5.41, 5.74) is 3.76. The third-order valence-electron chi connectivity index (χ3n) is 4.45. The van der Waals surface area contributed by atoms with E-state index in [9.17, 15) is 4.79 Å². The number of thiol groups is 1. The van der Waals surface area contributed by atoms with Crippen LogP contribution in [0.2, 0.25) is 0 Å². The van der Waals surface area contributed by atoms with Crippen LogP contribution in [-0.4, -0.2) is 5.12 Å². The van der Waals surface area contributed by atoms with Gasteiger partial charge in [0, 0.05) is 0 Å². The topological polar surface area (TPSA) is 17.1 Å². The van der Waals surface area contributed by atoms with Gasteiger partial charge in [0.25, 0.3) is 0 Å². The van der Waals surface area contributed by atoms with Crippen LogP contribution in [0.5, 0.6) is 0 Å². The molecular weight excluding hydrogens is 324 g/mol. The highest BCUT2D eigenvalue weighted by molar-refractivity contribution is 7.97. The molecule has 0 N–H and O–H groups in total. The molecule has 0 amide bonds. The molecule has 3 aromatic rings. The number of aryl methyl sites for hydroxylation is 2. The molecule has 126 valence electrons. The molecule has 0 unspecified atom stereocenters. The lowest BCUT2D eigenvalue weighted by Gasteiger charge is -2.09. The Balaban J connectivity index is 1.66. The first-order chi connectivity index (χ1) is 12.2. The first-order valence-electron chi connectivity index (χ1n) is 8.65. The van der Waals surface area contributed by atoms with Gasteiger partial charge >= 0.3 is 0 Å². The number of hydrogen-bond acceptors (Lipinski definition) is 1. The van der Waals surface area contributed by atoms with Gasteiger partial charge in [0.05, 0.1) is 0 Å². The first-order valence-corrected chi connectivity index (χ1v) is 9.09. The lowest BCUT2D eigenvalue weighted by atomic mass is 9.97. The minimum atomic E-state index is -0.165. The molecule has 0 bridgehead atoms. The number of benzene rings is 3. The number of allylic oxidation sites excluding steroid dienone is 1. The Morgan fingerprint density at radius 2 is 1.40 bits per heavy atom. The van der Waals surface area contributed by atoms with Crippen molar-refractivity contribution in [2.24, 2.45) is 0 Å². The predicted molar refractivity (Wildman–Crippen MR) is 109 cm³/mol. The van der Waals surface area contributed by atoms with Crippen molar-refractivity contribution in [3.05, 3.63) is 95.6 Å². The Bertz CT molecular complexity index is 881. The van der Waals surface area contributed by atoms with E-state index >= 15 is 0 Å². The second-order valence-electron chi connectivity index (χ2n) is 6.31. The summed E-state index contributed by atoms with van der Waals surface area (Å²) in [5, 5.41) is 2.36. The van der Waals surface area contributed by atoms with E-state index < -0.39 is 0 Å². The summed E-state index contributed by atoms with van der Waals surface area (Å²) < 4.78 is 0. The van der Waals surface area contributed by atoms with Gasteiger partial charge in [-0.2, -0.15) is 0 Å². The second kappa shape index (κ2) is 8.68. The summed E-state index contributed by atoms with van der Waals surface area (Å²) >= 11 is 3.93. The van der Waals surface area contributed by atoms with Crippen LogP contribution in [-0.2, 0) is 17.6 Å². The molecule has 3 aromatic carbocycles. The molecule has 0 heterocycles. The smallest absolute Gasteiger partial charge is 0.209 e. The van der Waals surface area contributed by atoms with E-state index in [0.29, 0.717) is 0 Å². The molecular formula is C23H22OS. The lowest BCUT2D eigenvalue weighted by Crippen LogP contribution is -1.95. The Kier molecular flexibility index (Phi) is 6.08. The fourth-order valence-corrected chi connectivity index (χ4v) is 3.28. The van der Waals surface area contributed by atoms with Gasteiger partial charge in [-0.25, -0.2) is 0 Å². The van der Waals surface area contributed by atoms with Crippen LogP contribution in [0.15, 0.2) is 84.4 Å². The van der Waals surface area contributed by atoms with Crippen LogP contribution < -0.4 is 0 Å². The van der Waals surface area contributed by atoms with Crippen LogP contribution in [0.1, 0.15) is 24.0 Å². The van der Waals surface area contributed by atoms with E-state index in [1.54, 1.807) is 6.08 Å². The van der Waals surface area contributed by atoms with Crippen LogP contribution in [0.3, 0.4) is 0 Å². The van der Waals surface area contributed by atoms with E-state index in [1.807, 2.05) is 6.07 Å². The van der Waals surface area contributed by atoms with Crippen molar-refractivity contribution in [3.8, 4) is 0 Å². The normalized spacial score (nSPS) is 11.6. The van der Waals surface area contributed by atoms with E-state index in [0.717, 1.165) is 31.3 Å². The van der Waals surface area contributed by atoms with E-state index in [4.69, 9.17) is 0 Å².